The van der Waals surface area contributed by atoms with Crippen molar-refractivity contribution < 1.29 is 4.43 Å². The van der Waals surface area contributed by atoms with Gasteiger partial charge in [-0.3, -0.25) is 0 Å². The molecule has 0 aliphatic rings. The van der Waals surface area contributed by atoms with Crippen LogP contribution >= 0.6 is 0 Å². The van der Waals surface area contributed by atoms with E-state index in [9.17, 15) is 0 Å². The molecule has 0 amide bonds. The number of unbranched alkanes of at least 4 members (excludes halogenated alkanes) is 7. The predicted octanol–water partition coefficient (Wildman–Crippen LogP) is 5.14. The Kier molecular flexibility index (Phi) is 10.0. The average molecular weight is 242 g/mol. The van der Waals surface area contributed by atoms with E-state index < -0.39 is 8.32 Å². The first-order valence-electron chi connectivity index (χ1n) is 6.78. The Morgan fingerprint density at radius 3 is 1.94 bits per heavy atom. The second-order valence-electron chi connectivity index (χ2n) is 5.27. The minimum atomic E-state index is -1.27. The van der Waals surface area contributed by atoms with Gasteiger partial charge < -0.3 is 4.43 Å². The second kappa shape index (κ2) is 10.1. The van der Waals surface area contributed by atoms with E-state index in [1.807, 2.05) is 13.2 Å². The van der Waals surface area contributed by atoms with Crippen LogP contribution in [0, 0.1) is 0 Å². The zero-order valence-corrected chi connectivity index (χ0v) is 12.6. The molecule has 0 saturated carbocycles. The lowest BCUT2D eigenvalue weighted by atomic mass is 10.1. The average Bonchev–Trinajstić information content (AvgIpc) is 2.27. The Hall–Kier alpha value is -0.0831. The first-order chi connectivity index (χ1) is 7.62. The summed E-state index contributed by atoms with van der Waals surface area (Å²) < 4.78 is 5.54. The van der Waals surface area contributed by atoms with Gasteiger partial charge in [0.25, 0.3) is 0 Å². The van der Waals surface area contributed by atoms with Gasteiger partial charge in [-0.05, 0) is 32.0 Å². The summed E-state index contributed by atoms with van der Waals surface area (Å²) in [7, 11) is 0.592. The van der Waals surface area contributed by atoms with E-state index in [2.05, 4.69) is 19.7 Å². The fourth-order valence-corrected chi connectivity index (χ4v) is 3.13. The highest BCUT2D eigenvalue weighted by Gasteiger charge is 2.18. The smallest absolute Gasteiger partial charge is 0.186 e. The van der Waals surface area contributed by atoms with E-state index in [0.29, 0.717) is 0 Å². The molecule has 0 bridgehead atoms. The van der Waals surface area contributed by atoms with Gasteiger partial charge in [-0.15, -0.1) is 6.58 Å². The van der Waals surface area contributed by atoms with Crippen molar-refractivity contribution >= 4 is 8.32 Å². The van der Waals surface area contributed by atoms with Crippen LogP contribution in [0.25, 0.3) is 0 Å². The summed E-state index contributed by atoms with van der Waals surface area (Å²) in [5, 5.41) is 0. The molecule has 0 spiro atoms. The van der Waals surface area contributed by atoms with Gasteiger partial charge in [0, 0.05) is 7.11 Å². The van der Waals surface area contributed by atoms with Crippen LogP contribution in [0.2, 0.25) is 19.1 Å². The molecule has 0 atom stereocenters. The van der Waals surface area contributed by atoms with Crippen LogP contribution in [0.15, 0.2) is 12.7 Å². The normalized spacial score (nSPS) is 11.7. The summed E-state index contributed by atoms with van der Waals surface area (Å²) in [6.45, 7) is 8.36. The molecule has 16 heavy (non-hydrogen) atoms. The molecule has 96 valence electrons. The van der Waals surface area contributed by atoms with Crippen LogP contribution in [0.1, 0.15) is 51.4 Å². The molecule has 0 aliphatic carbocycles. The summed E-state index contributed by atoms with van der Waals surface area (Å²) in [5.74, 6) is 0. The van der Waals surface area contributed by atoms with Gasteiger partial charge >= 0.3 is 0 Å². The third-order valence-corrected chi connectivity index (χ3v) is 5.90. The maximum Gasteiger partial charge on any atom is 0.186 e. The van der Waals surface area contributed by atoms with Gasteiger partial charge in [0.15, 0.2) is 8.32 Å². The van der Waals surface area contributed by atoms with Gasteiger partial charge in [0.1, 0.15) is 0 Å². The van der Waals surface area contributed by atoms with Crippen molar-refractivity contribution in [3.05, 3.63) is 12.7 Å². The fraction of sp³-hybridized carbons (Fsp3) is 0.857. The molecule has 0 unspecified atom stereocenters. The van der Waals surface area contributed by atoms with E-state index in [1.54, 1.807) is 0 Å². The van der Waals surface area contributed by atoms with Crippen molar-refractivity contribution in [3.63, 3.8) is 0 Å². The lowest BCUT2D eigenvalue weighted by molar-refractivity contribution is 0.400. The molecule has 0 heterocycles. The summed E-state index contributed by atoms with van der Waals surface area (Å²) >= 11 is 0. The standard InChI is InChI=1S/C14H30OSi/c1-5-6-7-8-9-10-11-12-13-14-16(3,4)15-2/h5H,1,6-14H2,2-4H3. The predicted molar refractivity (Wildman–Crippen MR) is 76.4 cm³/mol. The molecule has 0 rings (SSSR count). The van der Waals surface area contributed by atoms with Gasteiger partial charge in [0.05, 0.1) is 0 Å². The zero-order valence-electron chi connectivity index (χ0n) is 11.6. The molecule has 0 aliphatic heterocycles. The largest absolute Gasteiger partial charge is 0.420 e. The Balaban J connectivity index is 3.12. The Morgan fingerprint density at radius 1 is 0.938 bits per heavy atom. The molecule has 0 saturated heterocycles. The van der Waals surface area contributed by atoms with Crippen LogP contribution in [0.4, 0.5) is 0 Å². The van der Waals surface area contributed by atoms with E-state index in [-0.39, 0.29) is 0 Å². The molecule has 2 heteroatoms. The van der Waals surface area contributed by atoms with Gasteiger partial charge in [-0.25, -0.2) is 0 Å². The van der Waals surface area contributed by atoms with Gasteiger partial charge in [-0.1, -0.05) is 44.6 Å². The first kappa shape index (κ1) is 15.9. The van der Waals surface area contributed by atoms with Gasteiger partial charge in [-0.2, -0.15) is 0 Å². The first-order valence-corrected chi connectivity index (χ1v) is 9.90. The summed E-state index contributed by atoms with van der Waals surface area (Å²) in [5.41, 5.74) is 0. The van der Waals surface area contributed by atoms with Crippen molar-refractivity contribution in [2.24, 2.45) is 0 Å². The lowest BCUT2D eigenvalue weighted by Gasteiger charge is -2.19. The highest BCUT2D eigenvalue weighted by molar-refractivity contribution is 6.71. The highest BCUT2D eigenvalue weighted by atomic mass is 28.4. The molecule has 0 aromatic rings. The van der Waals surface area contributed by atoms with E-state index in [1.165, 1.54) is 57.4 Å². The van der Waals surface area contributed by atoms with Crippen LogP contribution in [0.5, 0.6) is 0 Å². The number of hydrogen-bond acceptors (Lipinski definition) is 1. The lowest BCUT2D eigenvalue weighted by Crippen LogP contribution is -2.27. The molecule has 0 aromatic heterocycles. The molecule has 1 nitrogen and oxygen atoms in total. The van der Waals surface area contributed by atoms with E-state index in [4.69, 9.17) is 4.43 Å². The maximum atomic E-state index is 5.54. The Labute approximate surface area is 103 Å². The second-order valence-corrected chi connectivity index (χ2v) is 9.69. The Bertz CT molecular complexity index is 166. The van der Waals surface area contributed by atoms with Crippen LogP contribution < -0.4 is 0 Å². The minimum Gasteiger partial charge on any atom is -0.420 e. The summed E-state index contributed by atoms with van der Waals surface area (Å²) in [6.07, 6.45) is 12.9. The molecule has 0 fully saturated rings. The number of hydrogen-bond donors (Lipinski definition) is 0. The van der Waals surface area contributed by atoms with Crippen molar-refractivity contribution in [3.8, 4) is 0 Å². The topological polar surface area (TPSA) is 9.23 Å². The molecule has 0 radical (unpaired) electrons. The monoisotopic (exact) mass is 242 g/mol. The summed E-state index contributed by atoms with van der Waals surface area (Å²) in [4.78, 5) is 0. The third kappa shape index (κ3) is 10.4. The molecular weight excluding hydrogens is 212 g/mol. The van der Waals surface area contributed by atoms with Crippen molar-refractivity contribution in [1.29, 1.82) is 0 Å². The minimum absolute atomic E-state index is 1.19. The van der Waals surface area contributed by atoms with Crippen molar-refractivity contribution in [2.45, 2.75) is 70.5 Å². The zero-order chi connectivity index (χ0) is 12.3. The van der Waals surface area contributed by atoms with E-state index in [0.717, 1.165) is 0 Å². The highest BCUT2D eigenvalue weighted by Crippen LogP contribution is 2.16. The maximum absolute atomic E-state index is 5.54. The third-order valence-electron chi connectivity index (χ3n) is 3.24. The number of allylic oxidation sites excluding steroid dienone is 1. The molecule has 0 aromatic carbocycles. The molecule has 0 N–H and O–H groups in total. The van der Waals surface area contributed by atoms with Gasteiger partial charge in [0.2, 0.25) is 0 Å². The van der Waals surface area contributed by atoms with E-state index >= 15 is 0 Å². The molecular formula is C14H30OSi. The van der Waals surface area contributed by atoms with Crippen molar-refractivity contribution in [2.75, 3.05) is 7.11 Å². The van der Waals surface area contributed by atoms with Crippen LogP contribution in [-0.2, 0) is 4.43 Å². The van der Waals surface area contributed by atoms with Crippen LogP contribution in [0.3, 0.4) is 0 Å². The van der Waals surface area contributed by atoms with Crippen LogP contribution in [-0.4, -0.2) is 15.4 Å². The quantitative estimate of drug-likeness (QED) is 0.277. The summed E-state index contributed by atoms with van der Waals surface area (Å²) in [6, 6.07) is 1.32. The van der Waals surface area contributed by atoms with Crippen molar-refractivity contribution in [1.82, 2.24) is 0 Å². The Morgan fingerprint density at radius 2 is 1.44 bits per heavy atom. The number of rotatable bonds is 11. The fourth-order valence-electron chi connectivity index (χ4n) is 1.83. The SMILES string of the molecule is C=CCCCCCCCCC[Si](C)(C)OC.